The van der Waals surface area contributed by atoms with E-state index in [0.717, 1.165) is 11.2 Å². The van der Waals surface area contributed by atoms with E-state index in [1.54, 1.807) is 50.8 Å². The van der Waals surface area contributed by atoms with Gasteiger partial charge < -0.3 is 9.64 Å². The van der Waals surface area contributed by atoms with Crippen molar-refractivity contribution in [1.29, 1.82) is 0 Å². The molecule has 1 aromatic carbocycles. The molecule has 1 atom stereocenters. The van der Waals surface area contributed by atoms with Gasteiger partial charge in [-0.05, 0) is 48.9 Å². The Morgan fingerprint density at radius 3 is 2.85 bits per heavy atom. The lowest BCUT2D eigenvalue weighted by atomic mass is 10.2. The van der Waals surface area contributed by atoms with Crippen LogP contribution in [-0.4, -0.2) is 43.0 Å². The third-order valence-corrected chi connectivity index (χ3v) is 6.26. The summed E-state index contributed by atoms with van der Waals surface area (Å²) < 4.78 is 9.15. The van der Waals surface area contributed by atoms with Gasteiger partial charge in [0.15, 0.2) is 0 Å². The normalized spacial score (nSPS) is 15.6. The van der Waals surface area contributed by atoms with Crippen LogP contribution < -0.4 is 10.4 Å². The maximum absolute atomic E-state index is 13.6. The molecule has 172 valence electrons. The van der Waals surface area contributed by atoms with Gasteiger partial charge in [-0.15, -0.1) is 0 Å². The van der Waals surface area contributed by atoms with E-state index in [0.29, 0.717) is 41.5 Å². The maximum Gasteiger partial charge on any atom is 0.334 e. The standard InChI is InChI=1S/C25H22ClN5O3/c1-2-24(32)29-12-9-19(15-29)31-21-8-11-27-14-22(21)30(25(31)33)18-6-7-23(20(26)13-18)34-16-17-5-3-4-10-28-17/h2-8,10-11,13-14,19H,1,9,12,15-16H2/t19-/m1/s1. The van der Waals surface area contributed by atoms with Crippen LogP contribution in [0.15, 0.2) is 78.5 Å². The fraction of sp³-hybridized carbons (Fsp3) is 0.200. The highest BCUT2D eigenvalue weighted by Gasteiger charge is 2.30. The first-order valence-electron chi connectivity index (χ1n) is 10.9. The molecule has 3 aromatic heterocycles. The summed E-state index contributed by atoms with van der Waals surface area (Å²) in [4.78, 5) is 35.8. The minimum atomic E-state index is -0.209. The second kappa shape index (κ2) is 9.15. The molecule has 4 aromatic rings. The van der Waals surface area contributed by atoms with Crippen molar-refractivity contribution in [2.75, 3.05) is 13.1 Å². The SMILES string of the molecule is C=CC(=O)N1CC[C@@H](n2c(=O)n(-c3ccc(OCc4ccccn4)c(Cl)c3)c3cnccc32)C1. The molecule has 34 heavy (non-hydrogen) atoms. The van der Waals surface area contributed by atoms with Crippen LogP contribution in [0.4, 0.5) is 0 Å². The predicted molar refractivity (Wildman–Crippen MR) is 129 cm³/mol. The predicted octanol–water partition coefficient (Wildman–Crippen LogP) is 3.77. The van der Waals surface area contributed by atoms with Gasteiger partial charge in [-0.1, -0.05) is 24.2 Å². The number of rotatable bonds is 6. The second-order valence-corrected chi connectivity index (χ2v) is 8.41. The fourth-order valence-corrected chi connectivity index (χ4v) is 4.56. The number of benzene rings is 1. The highest BCUT2D eigenvalue weighted by molar-refractivity contribution is 6.32. The summed E-state index contributed by atoms with van der Waals surface area (Å²) in [6, 6.07) is 12.5. The minimum Gasteiger partial charge on any atom is -0.486 e. The molecule has 1 amide bonds. The Labute approximate surface area is 200 Å². The van der Waals surface area contributed by atoms with E-state index < -0.39 is 0 Å². The van der Waals surface area contributed by atoms with E-state index in [9.17, 15) is 9.59 Å². The van der Waals surface area contributed by atoms with Gasteiger partial charge in [0.1, 0.15) is 12.4 Å². The van der Waals surface area contributed by atoms with Crippen LogP contribution in [0.2, 0.25) is 5.02 Å². The molecule has 1 fully saturated rings. The Bertz CT molecular complexity index is 1430. The number of fused-ring (bicyclic) bond motifs is 1. The van der Waals surface area contributed by atoms with Crippen molar-refractivity contribution < 1.29 is 9.53 Å². The van der Waals surface area contributed by atoms with Gasteiger partial charge in [0.2, 0.25) is 5.91 Å². The number of imidazole rings is 1. The van der Waals surface area contributed by atoms with Gasteiger partial charge in [0, 0.05) is 25.5 Å². The molecule has 8 nitrogen and oxygen atoms in total. The zero-order valence-corrected chi connectivity index (χ0v) is 19.1. The third-order valence-electron chi connectivity index (χ3n) is 5.97. The van der Waals surface area contributed by atoms with Crippen molar-refractivity contribution in [3.8, 4) is 11.4 Å². The van der Waals surface area contributed by atoms with Gasteiger partial charge in [-0.25, -0.2) is 4.79 Å². The van der Waals surface area contributed by atoms with Crippen molar-refractivity contribution in [1.82, 2.24) is 24.0 Å². The molecule has 0 bridgehead atoms. The topological polar surface area (TPSA) is 82.2 Å². The highest BCUT2D eigenvalue weighted by atomic mass is 35.5. The summed E-state index contributed by atoms with van der Waals surface area (Å²) in [7, 11) is 0. The molecule has 0 N–H and O–H groups in total. The molecule has 1 saturated heterocycles. The third kappa shape index (κ3) is 3.97. The molecule has 4 heterocycles. The number of amides is 1. The molecule has 1 aliphatic rings. The first-order chi connectivity index (χ1) is 16.6. The van der Waals surface area contributed by atoms with E-state index in [-0.39, 0.29) is 24.2 Å². The summed E-state index contributed by atoms with van der Waals surface area (Å²) in [5.74, 6) is 0.370. The lowest BCUT2D eigenvalue weighted by Gasteiger charge is -2.15. The van der Waals surface area contributed by atoms with Crippen molar-refractivity contribution in [3.63, 3.8) is 0 Å². The molecule has 0 radical (unpaired) electrons. The first kappa shape index (κ1) is 21.9. The average molecular weight is 476 g/mol. The van der Waals surface area contributed by atoms with Crippen LogP contribution in [0.3, 0.4) is 0 Å². The van der Waals surface area contributed by atoms with Gasteiger partial charge in [0.05, 0.1) is 39.7 Å². The summed E-state index contributed by atoms with van der Waals surface area (Å²) in [6.45, 7) is 4.87. The second-order valence-electron chi connectivity index (χ2n) is 8.01. The number of carbonyl (C=O) groups excluding carboxylic acids is 1. The molecule has 9 heteroatoms. The zero-order valence-electron chi connectivity index (χ0n) is 18.3. The number of hydrogen-bond donors (Lipinski definition) is 0. The number of ether oxygens (including phenoxy) is 1. The molecule has 0 unspecified atom stereocenters. The quantitative estimate of drug-likeness (QED) is 0.396. The molecule has 0 spiro atoms. The van der Waals surface area contributed by atoms with Crippen molar-refractivity contribution in [2.24, 2.45) is 0 Å². The lowest BCUT2D eigenvalue weighted by molar-refractivity contribution is -0.125. The molecule has 0 aliphatic carbocycles. The Kier molecular flexibility index (Phi) is 5.90. The summed E-state index contributed by atoms with van der Waals surface area (Å²) >= 11 is 6.52. The smallest absolute Gasteiger partial charge is 0.334 e. The van der Waals surface area contributed by atoms with Crippen LogP contribution >= 0.6 is 11.6 Å². The number of likely N-dealkylation sites (tertiary alicyclic amines) is 1. The van der Waals surface area contributed by atoms with Crippen LogP contribution in [0.1, 0.15) is 18.2 Å². The van der Waals surface area contributed by atoms with Crippen LogP contribution in [0.5, 0.6) is 5.75 Å². The Hall–Kier alpha value is -3.91. The fourth-order valence-electron chi connectivity index (χ4n) is 4.33. The molecule has 5 rings (SSSR count). The van der Waals surface area contributed by atoms with Gasteiger partial charge in [-0.3, -0.25) is 23.9 Å². The number of hydrogen-bond acceptors (Lipinski definition) is 5. The van der Waals surface area contributed by atoms with Crippen LogP contribution in [0, 0.1) is 0 Å². The Morgan fingerprint density at radius 2 is 2.09 bits per heavy atom. The molecule has 1 aliphatic heterocycles. The minimum absolute atomic E-state index is 0.131. The van der Waals surface area contributed by atoms with Crippen LogP contribution in [-0.2, 0) is 11.4 Å². The Balaban J connectivity index is 1.49. The number of halogens is 1. The lowest BCUT2D eigenvalue weighted by Crippen LogP contribution is -2.31. The van der Waals surface area contributed by atoms with Crippen molar-refractivity contribution >= 4 is 28.5 Å². The molecule has 0 saturated carbocycles. The van der Waals surface area contributed by atoms with Gasteiger partial charge in [0.25, 0.3) is 0 Å². The summed E-state index contributed by atoms with van der Waals surface area (Å²) in [5.41, 5.74) is 2.60. The summed E-state index contributed by atoms with van der Waals surface area (Å²) in [5, 5.41) is 0.383. The van der Waals surface area contributed by atoms with E-state index in [1.165, 1.54) is 6.08 Å². The van der Waals surface area contributed by atoms with Gasteiger partial charge in [-0.2, -0.15) is 0 Å². The van der Waals surface area contributed by atoms with E-state index in [1.807, 2.05) is 24.3 Å². The van der Waals surface area contributed by atoms with Gasteiger partial charge >= 0.3 is 5.69 Å². The van der Waals surface area contributed by atoms with E-state index >= 15 is 0 Å². The van der Waals surface area contributed by atoms with Crippen LogP contribution in [0.25, 0.3) is 16.7 Å². The largest absolute Gasteiger partial charge is 0.486 e. The summed E-state index contributed by atoms with van der Waals surface area (Å²) in [6.07, 6.45) is 7.01. The number of nitrogens with zero attached hydrogens (tertiary/aromatic N) is 5. The number of carbonyl (C=O) groups is 1. The maximum atomic E-state index is 13.6. The molecular weight excluding hydrogens is 454 g/mol. The van der Waals surface area contributed by atoms with Crippen molar-refractivity contribution in [3.05, 3.63) is 94.9 Å². The van der Waals surface area contributed by atoms with E-state index in [2.05, 4.69) is 16.5 Å². The first-order valence-corrected chi connectivity index (χ1v) is 11.3. The zero-order chi connectivity index (χ0) is 23.7. The van der Waals surface area contributed by atoms with Crippen molar-refractivity contribution in [2.45, 2.75) is 19.1 Å². The van der Waals surface area contributed by atoms with E-state index in [4.69, 9.17) is 16.3 Å². The monoisotopic (exact) mass is 475 g/mol. The highest BCUT2D eigenvalue weighted by Crippen LogP contribution is 2.30. The number of aromatic nitrogens is 4. The molecular formula is C25H22ClN5O3. The average Bonchev–Trinajstić information content (AvgIpc) is 3.45. The Morgan fingerprint density at radius 1 is 1.21 bits per heavy atom. The number of pyridine rings is 2.